The number of aliphatic carboxylic acids is 1. The molecule has 0 unspecified atom stereocenters. The molecule has 1 aromatic heterocycles. The first kappa shape index (κ1) is 33.6. The van der Waals surface area contributed by atoms with Crippen molar-refractivity contribution < 1.29 is 19.2 Å². The van der Waals surface area contributed by atoms with Gasteiger partial charge in [-0.3, -0.25) is 9.69 Å². The largest absolute Gasteiger partial charge is 0.481 e. The van der Waals surface area contributed by atoms with Crippen molar-refractivity contribution in [3.8, 4) is 34.0 Å². The van der Waals surface area contributed by atoms with Gasteiger partial charge in [0.05, 0.1) is 18.6 Å². The summed E-state index contributed by atoms with van der Waals surface area (Å²) in [6, 6.07) is 31.8. The normalized spacial score (nSPS) is 15.0. The molecule has 2 heterocycles. The minimum atomic E-state index is -0.883. The SMILES string of the molecule is CC(C)(N)Cc1cc(CN2CCC(COCc3ccccc3)(C(=O)O)CC2)ccc1-c1noc(-c2ccc(-c3ccccc3)c(Cl)c2)n1. The van der Waals surface area contributed by atoms with E-state index in [0.717, 1.165) is 38.9 Å². The van der Waals surface area contributed by atoms with Crippen LogP contribution in [0.3, 0.4) is 0 Å². The second-order valence-electron chi connectivity index (χ2n) is 13.5. The Labute approximate surface area is 286 Å². The van der Waals surface area contributed by atoms with Crippen LogP contribution in [0.5, 0.6) is 0 Å². The third-order valence-electron chi connectivity index (χ3n) is 8.95. The Bertz CT molecular complexity index is 1850. The maximum atomic E-state index is 12.4. The van der Waals surface area contributed by atoms with Gasteiger partial charge in [-0.1, -0.05) is 102 Å². The Hall–Kier alpha value is -4.34. The fraction of sp³-hybridized carbons (Fsp3) is 0.308. The number of piperidine rings is 1. The topological polar surface area (TPSA) is 115 Å². The predicted molar refractivity (Wildman–Crippen MR) is 188 cm³/mol. The van der Waals surface area contributed by atoms with E-state index >= 15 is 0 Å². The number of carboxylic acid groups (broad SMARTS) is 1. The quantitative estimate of drug-likeness (QED) is 0.138. The van der Waals surface area contributed by atoms with E-state index in [9.17, 15) is 9.90 Å². The highest BCUT2D eigenvalue weighted by Gasteiger charge is 2.42. The van der Waals surface area contributed by atoms with E-state index in [-0.39, 0.29) is 6.61 Å². The minimum Gasteiger partial charge on any atom is -0.481 e. The lowest BCUT2D eigenvalue weighted by molar-refractivity contribution is -0.157. The molecular weight excluding hydrogens is 624 g/mol. The standard InChI is InChI=1S/C39H41ClN4O4/c1-38(2,41)23-31-21-28(24-44-19-17-39(18-20-44,37(45)46)26-47-25-27-9-5-3-6-10-27)13-15-33(31)35-42-36(48-43-35)30-14-16-32(34(40)22-30)29-11-7-4-8-12-29/h3-16,21-22H,17-20,23-26,41H2,1-2H3,(H,45,46). The molecule has 5 aromatic rings. The molecule has 0 radical (unpaired) electrons. The number of carbonyl (C=O) groups is 1. The maximum absolute atomic E-state index is 12.4. The molecule has 248 valence electrons. The average molecular weight is 665 g/mol. The van der Waals surface area contributed by atoms with Gasteiger partial charge in [0.1, 0.15) is 0 Å². The van der Waals surface area contributed by atoms with Crippen molar-refractivity contribution >= 4 is 17.6 Å². The molecule has 6 rings (SSSR count). The molecule has 48 heavy (non-hydrogen) atoms. The molecule has 0 saturated carbocycles. The van der Waals surface area contributed by atoms with Crippen molar-refractivity contribution in [2.45, 2.75) is 51.8 Å². The molecule has 4 aromatic carbocycles. The molecule has 1 aliphatic rings. The zero-order valence-electron chi connectivity index (χ0n) is 27.4. The van der Waals surface area contributed by atoms with Gasteiger partial charge in [0, 0.05) is 33.8 Å². The van der Waals surface area contributed by atoms with E-state index < -0.39 is 16.9 Å². The predicted octanol–water partition coefficient (Wildman–Crippen LogP) is 7.89. The number of benzene rings is 4. The van der Waals surface area contributed by atoms with Crippen LogP contribution in [0.1, 0.15) is 43.4 Å². The zero-order chi connectivity index (χ0) is 33.7. The lowest BCUT2D eigenvalue weighted by atomic mass is 9.79. The molecule has 9 heteroatoms. The molecule has 8 nitrogen and oxygen atoms in total. The number of aromatic nitrogens is 2. The fourth-order valence-electron chi connectivity index (χ4n) is 6.31. The smallest absolute Gasteiger partial charge is 0.312 e. The molecule has 1 aliphatic heterocycles. The highest BCUT2D eigenvalue weighted by atomic mass is 35.5. The van der Waals surface area contributed by atoms with Crippen LogP contribution < -0.4 is 5.73 Å². The van der Waals surface area contributed by atoms with Gasteiger partial charge in [-0.2, -0.15) is 4.98 Å². The van der Waals surface area contributed by atoms with Gasteiger partial charge in [0.2, 0.25) is 5.82 Å². The van der Waals surface area contributed by atoms with Gasteiger partial charge >= 0.3 is 5.97 Å². The first-order valence-corrected chi connectivity index (χ1v) is 16.6. The average Bonchev–Trinajstić information content (AvgIpc) is 3.56. The van der Waals surface area contributed by atoms with Crippen molar-refractivity contribution in [1.29, 1.82) is 0 Å². The van der Waals surface area contributed by atoms with Crippen LogP contribution in [0.2, 0.25) is 5.02 Å². The molecular formula is C39H41ClN4O4. The number of nitrogens with two attached hydrogens (primary N) is 1. The molecule has 0 aliphatic carbocycles. The minimum absolute atomic E-state index is 0.200. The summed E-state index contributed by atoms with van der Waals surface area (Å²) in [4.78, 5) is 19.4. The Kier molecular flexibility index (Phi) is 10.1. The second kappa shape index (κ2) is 14.4. The van der Waals surface area contributed by atoms with Gasteiger partial charge in [-0.15, -0.1) is 0 Å². The van der Waals surface area contributed by atoms with Crippen LogP contribution >= 0.6 is 11.6 Å². The zero-order valence-corrected chi connectivity index (χ0v) is 28.1. The summed E-state index contributed by atoms with van der Waals surface area (Å²) < 4.78 is 11.6. The summed E-state index contributed by atoms with van der Waals surface area (Å²) in [5, 5.41) is 15.1. The van der Waals surface area contributed by atoms with E-state index in [4.69, 9.17) is 31.6 Å². The molecule has 1 saturated heterocycles. The maximum Gasteiger partial charge on any atom is 0.312 e. The van der Waals surface area contributed by atoms with Crippen LogP contribution in [-0.4, -0.2) is 51.4 Å². The monoisotopic (exact) mass is 664 g/mol. The third kappa shape index (κ3) is 8.02. The van der Waals surface area contributed by atoms with Gasteiger partial charge < -0.3 is 20.1 Å². The number of nitrogens with zero attached hydrogens (tertiary/aromatic N) is 3. The van der Waals surface area contributed by atoms with Gasteiger partial charge in [-0.25, -0.2) is 0 Å². The number of hydrogen-bond acceptors (Lipinski definition) is 7. The van der Waals surface area contributed by atoms with Gasteiger partial charge in [0.15, 0.2) is 0 Å². The van der Waals surface area contributed by atoms with Crippen molar-refractivity contribution in [2.75, 3.05) is 19.7 Å². The van der Waals surface area contributed by atoms with E-state index in [0.29, 0.717) is 62.2 Å². The summed E-state index contributed by atoms with van der Waals surface area (Å²) >= 11 is 6.67. The lowest BCUT2D eigenvalue weighted by Crippen LogP contribution is -2.46. The van der Waals surface area contributed by atoms with E-state index in [2.05, 4.69) is 22.2 Å². The van der Waals surface area contributed by atoms with Crippen LogP contribution in [0, 0.1) is 5.41 Å². The van der Waals surface area contributed by atoms with Crippen molar-refractivity contribution in [1.82, 2.24) is 15.0 Å². The number of halogens is 1. The molecule has 0 amide bonds. The number of carboxylic acids is 1. The fourth-order valence-corrected chi connectivity index (χ4v) is 6.60. The van der Waals surface area contributed by atoms with Crippen molar-refractivity contribution in [2.24, 2.45) is 11.1 Å². The highest BCUT2D eigenvalue weighted by Crippen LogP contribution is 2.35. The second-order valence-corrected chi connectivity index (χ2v) is 13.9. The van der Waals surface area contributed by atoms with Crippen molar-refractivity contribution in [3.05, 3.63) is 119 Å². The van der Waals surface area contributed by atoms with Crippen LogP contribution in [-0.2, 0) is 29.1 Å². The number of ether oxygens (including phenoxy) is 1. The Balaban J connectivity index is 1.15. The summed E-state index contributed by atoms with van der Waals surface area (Å²) in [6.07, 6.45) is 1.66. The number of hydrogen-bond donors (Lipinski definition) is 2. The lowest BCUT2D eigenvalue weighted by Gasteiger charge is -2.38. The van der Waals surface area contributed by atoms with Gasteiger partial charge in [0.25, 0.3) is 5.89 Å². The summed E-state index contributed by atoms with van der Waals surface area (Å²) in [6.45, 7) is 6.63. The van der Waals surface area contributed by atoms with Crippen LogP contribution in [0.15, 0.2) is 102 Å². The highest BCUT2D eigenvalue weighted by molar-refractivity contribution is 6.33. The Morgan fingerprint density at radius 1 is 0.938 bits per heavy atom. The van der Waals surface area contributed by atoms with E-state index in [1.165, 1.54) is 0 Å². The third-order valence-corrected chi connectivity index (χ3v) is 9.26. The first-order chi connectivity index (χ1) is 23.1. The summed E-state index contributed by atoms with van der Waals surface area (Å²) in [7, 11) is 0. The molecule has 0 spiro atoms. The van der Waals surface area contributed by atoms with E-state index in [1.54, 1.807) is 0 Å². The van der Waals surface area contributed by atoms with Crippen LogP contribution in [0.25, 0.3) is 34.0 Å². The molecule has 3 N–H and O–H groups in total. The van der Waals surface area contributed by atoms with Crippen molar-refractivity contribution in [3.63, 3.8) is 0 Å². The molecule has 0 bridgehead atoms. The molecule has 0 atom stereocenters. The number of likely N-dealkylation sites (tertiary alicyclic amines) is 1. The summed E-state index contributed by atoms with van der Waals surface area (Å²) in [5.74, 6) is 0.0798. The molecule has 1 fully saturated rings. The summed E-state index contributed by atoms with van der Waals surface area (Å²) in [5.41, 5.74) is 11.9. The van der Waals surface area contributed by atoms with E-state index in [1.807, 2.05) is 98.8 Å². The van der Waals surface area contributed by atoms with Crippen LogP contribution in [0.4, 0.5) is 0 Å². The first-order valence-electron chi connectivity index (χ1n) is 16.3. The Morgan fingerprint density at radius 3 is 2.29 bits per heavy atom. The van der Waals surface area contributed by atoms with Gasteiger partial charge in [-0.05, 0) is 80.6 Å². The Morgan fingerprint density at radius 2 is 1.62 bits per heavy atom. The number of rotatable bonds is 12.